The average Bonchev–Trinajstić information content (AvgIpc) is 2.58. The average molecular weight is 207 g/mol. The molecule has 5 nitrogen and oxygen atoms in total. The quantitative estimate of drug-likeness (QED) is 0.779. The Morgan fingerprint density at radius 2 is 2.00 bits per heavy atom. The number of benzene rings is 1. The molecule has 0 spiro atoms. The van der Waals surface area contributed by atoms with Gasteiger partial charge in [0.25, 0.3) is 0 Å². The van der Waals surface area contributed by atoms with Crippen molar-refractivity contribution in [1.82, 2.24) is 4.98 Å². The van der Waals surface area contributed by atoms with E-state index in [1.54, 1.807) is 31.4 Å². The smallest absolute Gasteiger partial charge is 0.419 e. The summed E-state index contributed by atoms with van der Waals surface area (Å²) in [6.07, 6.45) is 0. The molecule has 2 aromatic rings. The van der Waals surface area contributed by atoms with Crippen LogP contribution in [0, 0.1) is 0 Å². The van der Waals surface area contributed by atoms with Gasteiger partial charge in [0, 0.05) is 5.56 Å². The molecule has 1 heterocycles. The van der Waals surface area contributed by atoms with E-state index in [9.17, 15) is 9.90 Å². The van der Waals surface area contributed by atoms with Crippen molar-refractivity contribution in [3.63, 3.8) is 0 Å². The van der Waals surface area contributed by atoms with Crippen LogP contribution in [0.15, 0.2) is 33.5 Å². The fraction of sp³-hybridized carbons (Fsp3) is 0.100. The molecule has 0 aliphatic rings. The van der Waals surface area contributed by atoms with E-state index < -0.39 is 5.76 Å². The summed E-state index contributed by atoms with van der Waals surface area (Å²) >= 11 is 0. The van der Waals surface area contributed by atoms with Gasteiger partial charge in [-0.25, -0.2) is 4.79 Å². The van der Waals surface area contributed by atoms with Gasteiger partial charge in [0.2, 0.25) is 5.88 Å². The molecule has 0 aliphatic carbocycles. The third-order valence-corrected chi connectivity index (χ3v) is 1.98. The second-order valence-electron chi connectivity index (χ2n) is 2.92. The van der Waals surface area contributed by atoms with Crippen LogP contribution in [-0.4, -0.2) is 17.2 Å². The lowest BCUT2D eigenvalue weighted by atomic mass is 10.2. The second-order valence-corrected chi connectivity index (χ2v) is 2.92. The fourth-order valence-corrected chi connectivity index (χ4v) is 1.26. The topological polar surface area (TPSA) is 75.5 Å². The Labute approximate surface area is 84.9 Å². The number of aromatic hydroxyl groups is 1. The molecule has 0 radical (unpaired) electrons. The van der Waals surface area contributed by atoms with Crippen molar-refractivity contribution >= 4 is 0 Å². The standard InChI is InChI=1S/C10H9NO4/c1-14-7-4-2-6(3-5-7)8-9(12)11-10(13)15-8/h2-5,12H,1H3,(H,11,13). The van der Waals surface area contributed by atoms with Gasteiger partial charge in [-0.2, -0.15) is 0 Å². The van der Waals surface area contributed by atoms with E-state index >= 15 is 0 Å². The van der Waals surface area contributed by atoms with Crippen molar-refractivity contribution in [3.05, 3.63) is 34.8 Å². The molecule has 78 valence electrons. The lowest BCUT2D eigenvalue weighted by Crippen LogP contribution is -1.92. The Hall–Kier alpha value is -2.17. The zero-order valence-corrected chi connectivity index (χ0v) is 7.98. The largest absolute Gasteiger partial charge is 0.497 e. The summed E-state index contributed by atoms with van der Waals surface area (Å²) in [6.45, 7) is 0. The summed E-state index contributed by atoms with van der Waals surface area (Å²) in [4.78, 5) is 12.9. The Kier molecular flexibility index (Phi) is 2.21. The minimum absolute atomic E-state index is 0.127. The predicted molar refractivity (Wildman–Crippen MR) is 53.0 cm³/mol. The summed E-state index contributed by atoms with van der Waals surface area (Å²) in [6, 6.07) is 6.79. The van der Waals surface area contributed by atoms with Crippen molar-refractivity contribution in [2.24, 2.45) is 0 Å². The van der Waals surface area contributed by atoms with Crippen LogP contribution in [0.25, 0.3) is 11.3 Å². The number of rotatable bonds is 2. The van der Waals surface area contributed by atoms with Gasteiger partial charge in [0.15, 0.2) is 5.76 Å². The van der Waals surface area contributed by atoms with Crippen molar-refractivity contribution in [3.8, 4) is 23.0 Å². The van der Waals surface area contributed by atoms with Crippen LogP contribution in [0.5, 0.6) is 11.6 Å². The van der Waals surface area contributed by atoms with E-state index in [0.29, 0.717) is 11.3 Å². The molecule has 0 unspecified atom stereocenters. The lowest BCUT2D eigenvalue weighted by molar-refractivity contribution is 0.414. The number of aromatic nitrogens is 1. The number of hydrogen-bond acceptors (Lipinski definition) is 4. The summed E-state index contributed by atoms with van der Waals surface area (Å²) in [5.74, 6) is -0.137. The summed E-state index contributed by atoms with van der Waals surface area (Å²) in [5.41, 5.74) is 0.603. The van der Waals surface area contributed by atoms with Crippen LogP contribution in [0.3, 0.4) is 0 Å². The van der Waals surface area contributed by atoms with Gasteiger partial charge in [-0.15, -0.1) is 0 Å². The van der Waals surface area contributed by atoms with Crippen molar-refractivity contribution < 1.29 is 14.3 Å². The van der Waals surface area contributed by atoms with E-state index in [-0.39, 0.29) is 11.6 Å². The molecule has 1 aromatic carbocycles. The molecule has 5 heteroatoms. The van der Waals surface area contributed by atoms with Gasteiger partial charge in [0.05, 0.1) is 7.11 Å². The van der Waals surface area contributed by atoms with E-state index in [2.05, 4.69) is 4.98 Å². The summed E-state index contributed by atoms with van der Waals surface area (Å²) < 4.78 is 9.75. The molecule has 15 heavy (non-hydrogen) atoms. The fourth-order valence-electron chi connectivity index (χ4n) is 1.26. The molecule has 1 aromatic heterocycles. The van der Waals surface area contributed by atoms with Crippen LogP contribution < -0.4 is 10.5 Å². The first-order valence-corrected chi connectivity index (χ1v) is 4.27. The minimum Gasteiger partial charge on any atom is -0.497 e. The maximum absolute atomic E-state index is 10.8. The van der Waals surface area contributed by atoms with E-state index in [0.717, 1.165) is 0 Å². The van der Waals surface area contributed by atoms with Crippen LogP contribution in [0.1, 0.15) is 0 Å². The van der Waals surface area contributed by atoms with Crippen LogP contribution >= 0.6 is 0 Å². The van der Waals surface area contributed by atoms with Crippen molar-refractivity contribution in [2.45, 2.75) is 0 Å². The van der Waals surface area contributed by atoms with E-state index in [4.69, 9.17) is 9.15 Å². The molecular weight excluding hydrogens is 198 g/mol. The number of nitrogens with one attached hydrogen (secondary N) is 1. The number of aromatic amines is 1. The molecular formula is C10H9NO4. The normalized spacial score (nSPS) is 10.2. The maximum Gasteiger partial charge on any atom is 0.419 e. The Morgan fingerprint density at radius 3 is 2.47 bits per heavy atom. The molecule has 2 rings (SSSR count). The second kappa shape index (κ2) is 3.53. The molecule has 0 amide bonds. The third-order valence-electron chi connectivity index (χ3n) is 1.98. The highest BCUT2D eigenvalue weighted by atomic mass is 16.5. The monoisotopic (exact) mass is 207 g/mol. The third kappa shape index (κ3) is 1.71. The highest BCUT2D eigenvalue weighted by molar-refractivity contribution is 5.62. The van der Waals surface area contributed by atoms with E-state index in [1.165, 1.54) is 0 Å². The van der Waals surface area contributed by atoms with Crippen molar-refractivity contribution in [1.29, 1.82) is 0 Å². The molecule has 0 saturated carbocycles. The van der Waals surface area contributed by atoms with Gasteiger partial charge in [-0.3, -0.25) is 4.98 Å². The summed E-state index contributed by atoms with van der Waals surface area (Å²) in [7, 11) is 1.56. The summed E-state index contributed by atoms with van der Waals surface area (Å²) in [5, 5.41) is 9.33. The van der Waals surface area contributed by atoms with Gasteiger partial charge in [-0.1, -0.05) is 0 Å². The number of methoxy groups -OCH3 is 1. The number of ether oxygens (including phenoxy) is 1. The van der Waals surface area contributed by atoms with Gasteiger partial charge < -0.3 is 14.3 Å². The number of H-pyrrole nitrogens is 1. The maximum atomic E-state index is 10.8. The highest BCUT2D eigenvalue weighted by Crippen LogP contribution is 2.27. The lowest BCUT2D eigenvalue weighted by Gasteiger charge is -2.00. The van der Waals surface area contributed by atoms with Gasteiger partial charge >= 0.3 is 5.76 Å². The predicted octanol–water partition coefficient (Wildman–Crippen LogP) is 1.35. The molecule has 2 N–H and O–H groups in total. The first kappa shape index (κ1) is 9.39. The molecule has 0 bridgehead atoms. The zero-order chi connectivity index (χ0) is 10.8. The minimum atomic E-state index is -0.682. The van der Waals surface area contributed by atoms with Crippen LogP contribution in [-0.2, 0) is 0 Å². The molecule has 0 aliphatic heterocycles. The molecule has 0 fully saturated rings. The number of oxazole rings is 1. The van der Waals surface area contributed by atoms with Crippen molar-refractivity contribution in [2.75, 3.05) is 7.11 Å². The number of hydrogen-bond donors (Lipinski definition) is 2. The first-order valence-electron chi connectivity index (χ1n) is 4.27. The first-order chi connectivity index (χ1) is 7.20. The van der Waals surface area contributed by atoms with Gasteiger partial charge in [-0.05, 0) is 24.3 Å². The van der Waals surface area contributed by atoms with Crippen LogP contribution in [0.2, 0.25) is 0 Å². The Morgan fingerprint density at radius 1 is 1.33 bits per heavy atom. The highest BCUT2D eigenvalue weighted by Gasteiger charge is 2.10. The zero-order valence-electron chi connectivity index (χ0n) is 7.98. The SMILES string of the molecule is COc1ccc(-c2oc(=O)[nH]c2O)cc1. The Balaban J connectivity index is 2.45. The Bertz CT molecular complexity index is 509. The van der Waals surface area contributed by atoms with E-state index in [1.807, 2.05) is 0 Å². The van der Waals surface area contributed by atoms with Gasteiger partial charge in [0.1, 0.15) is 5.75 Å². The van der Waals surface area contributed by atoms with Crippen LogP contribution in [0.4, 0.5) is 0 Å². The molecule has 0 atom stereocenters. The molecule has 0 saturated heterocycles.